The maximum atomic E-state index is 13.0. The molecule has 0 bridgehead atoms. The molecule has 1 aliphatic heterocycles. The molecule has 2 aromatic carbocycles. The summed E-state index contributed by atoms with van der Waals surface area (Å²) < 4.78 is 13.0. The Bertz CT molecular complexity index is 958. The Morgan fingerprint density at radius 3 is 2.54 bits per heavy atom. The van der Waals surface area contributed by atoms with Crippen molar-refractivity contribution >= 4 is 17.5 Å². The van der Waals surface area contributed by atoms with Gasteiger partial charge >= 0.3 is 0 Å². The van der Waals surface area contributed by atoms with Crippen molar-refractivity contribution < 1.29 is 9.18 Å². The molecule has 4 nitrogen and oxygen atoms in total. The number of hydrogen-bond acceptors (Lipinski definition) is 3. The van der Waals surface area contributed by atoms with Gasteiger partial charge in [0, 0.05) is 47.4 Å². The fraction of sp³-hybridized carbons (Fsp3) is 0.150. The van der Waals surface area contributed by atoms with E-state index < -0.39 is 0 Å². The zero-order chi connectivity index (χ0) is 18.1. The topological polar surface area (TPSA) is 46.1 Å². The van der Waals surface area contributed by atoms with Gasteiger partial charge in [-0.05, 0) is 48.5 Å². The number of halogens is 2. The van der Waals surface area contributed by atoms with E-state index in [-0.39, 0.29) is 11.7 Å². The third-order valence-corrected chi connectivity index (χ3v) is 4.67. The van der Waals surface area contributed by atoms with Crippen molar-refractivity contribution in [3.8, 4) is 11.4 Å². The fourth-order valence-corrected chi connectivity index (χ4v) is 3.13. The van der Waals surface area contributed by atoms with Crippen LogP contribution in [0.3, 0.4) is 0 Å². The molecule has 26 heavy (non-hydrogen) atoms. The lowest BCUT2D eigenvalue weighted by Gasteiger charge is -2.28. The fourth-order valence-electron chi connectivity index (χ4n) is 3.00. The van der Waals surface area contributed by atoms with E-state index in [0.29, 0.717) is 35.9 Å². The van der Waals surface area contributed by atoms with E-state index in [2.05, 4.69) is 9.97 Å². The summed E-state index contributed by atoms with van der Waals surface area (Å²) in [5, 5.41) is 0.668. The summed E-state index contributed by atoms with van der Waals surface area (Å²) in [6, 6.07) is 13.0. The third-order valence-electron chi connectivity index (χ3n) is 4.41. The number of fused-ring (bicyclic) bond motifs is 1. The first-order chi connectivity index (χ1) is 12.6. The van der Waals surface area contributed by atoms with Crippen LogP contribution < -0.4 is 0 Å². The number of benzene rings is 2. The van der Waals surface area contributed by atoms with Crippen molar-refractivity contribution in [2.24, 2.45) is 0 Å². The molecule has 1 amide bonds. The van der Waals surface area contributed by atoms with Gasteiger partial charge in [-0.1, -0.05) is 11.6 Å². The van der Waals surface area contributed by atoms with Crippen molar-refractivity contribution in [1.29, 1.82) is 0 Å². The highest BCUT2D eigenvalue weighted by atomic mass is 35.5. The summed E-state index contributed by atoms with van der Waals surface area (Å²) in [5.74, 6) is 0.185. The molecule has 0 N–H and O–H groups in total. The number of amides is 1. The van der Waals surface area contributed by atoms with Crippen LogP contribution in [-0.2, 0) is 13.0 Å². The molecule has 6 heteroatoms. The maximum Gasteiger partial charge on any atom is 0.254 e. The van der Waals surface area contributed by atoms with E-state index in [1.54, 1.807) is 11.1 Å². The quantitative estimate of drug-likeness (QED) is 0.684. The lowest BCUT2D eigenvalue weighted by molar-refractivity contribution is 0.0733. The normalized spacial score (nSPS) is 13.4. The van der Waals surface area contributed by atoms with Gasteiger partial charge in [0.1, 0.15) is 5.82 Å². The summed E-state index contributed by atoms with van der Waals surface area (Å²) in [5.41, 5.74) is 3.27. The minimum Gasteiger partial charge on any atom is -0.334 e. The van der Waals surface area contributed by atoms with Gasteiger partial charge in [-0.2, -0.15) is 0 Å². The molecule has 0 aliphatic carbocycles. The Morgan fingerprint density at radius 1 is 1.08 bits per heavy atom. The number of nitrogens with zero attached hydrogens (tertiary/aromatic N) is 3. The zero-order valence-corrected chi connectivity index (χ0v) is 14.6. The number of rotatable bonds is 2. The summed E-state index contributed by atoms with van der Waals surface area (Å²) in [7, 11) is 0. The van der Waals surface area contributed by atoms with Gasteiger partial charge in [-0.3, -0.25) is 4.79 Å². The molecule has 2 heterocycles. The van der Waals surface area contributed by atoms with Crippen molar-refractivity contribution in [1.82, 2.24) is 14.9 Å². The van der Waals surface area contributed by atoms with E-state index in [9.17, 15) is 9.18 Å². The largest absolute Gasteiger partial charge is 0.334 e. The second kappa shape index (κ2) is 6.84. The monoisotopic (exact) mass is 367 g/mol. The minimum absolute atomic E-state index is 0.113. The highest BCUT2D eigenvalue weighted by Gasteiger charge is 2.23. The molecule has 0 unspecified atom stereocenters. The highest BCUT2D eigenvalue weighted by Crippen LogP contribution is 2.23. The first kappa shape index (κ1) is 16.7. The van der Waals surface area contributed by atoms with Crippen LogP contribution in [0.2, 0.25) is 5.02 Å². The van der Waals surface area contributed by atoms with Crippen molar-refractivity contribution in [2.75, 3.05) is 6.54 Å². The van der Waals surface area contributed by atoms with Crippen LogP contribution in [0.25, 0.3) is 11.4 Å². The first-order valence-electron chi connectivity index (χ1n) is 8.26. The van der Waals surface area contributed by atoms with Gasteiger partial charge < -0.3 is 4.90 Å². The molecule has 0 spiro atoms. The van der Waals surface area contributed by atoms with Gasteiger partial charge in [0.25, 0.3) is 5.91 Å². The molecule has 0 saturated carbocycles. The van der Waals surface area contributed by atoms with Gasteiger partial charge in [0.2, 0.25) is 0 Å². The molecule has 4 rings (SSSR count). The smallest absolute Gasteiger partial charge is 0.254 e. The molecule has 130 valence electrons. The Balaban J connectivity index is 1.55. The predicted octanol–water partition coefficient (Wildman–Crippen LogP) is 4.13. The lowest BCUT2D eigenvalue weighted by Crippen LogP contribution is -2.36. The van der Waals surface area contributed by atoms with Crippen LogP contribution >= 0.6 is 11.6 Å². The molecule has 1 aliphatic rings. The lowest BCUT2D eigenvalue weighted by atomic mass is 10.1. The standard InChI is InChI=1S/C20H15ClFN3O/c21-16-5-1-13(2-6-16)19-23-11-15-12-25(10-9-18(15)24-19)20(26)14-3-7-17(22)8-4-14/h1-8,11H,9-10,12H2. The molecule has 0 saturated heterocycles. The van der Waals surface area contributed by atoms with E-state index in [1.807, 2.05) is 24.3 Å². The molecular weight excluding hydrogens is 353 g/mol. The summed E-state index contributed by atoms with van der Waals surface area (Å²) in [6.07, 6.45) is 2.43. The number of aromatic nitrogens is 2. The van der Waals surface area contributed by atoms with Gasteiger partial charge in [0.15, 0.2) is 5.82 Å². The first-order valence-corrected chi connectivity index (χ1v) is 8.63. The summed E-state index contributed by atoms with van der Waals surface area (Å²) in [6.45, 7) is 1.02. The Morgan fingerprint density at radius 2 is 1.81 bits per heavy atom. The second-order valence-electron chi connectivity index (χ2n) is 6.16. The van der Waals surface area contributed by atoms with Crippen LogP contribution in [-0.4, -0.2) is 27.3 Å². The van der Waals surface area contributed by atoms with Crippen molar-refractivity contribution in [3.05, 3.63) is 82.4 Å². The van der Waals surface area contributed by atoms with Gasteiger partial charge in [-0.25, -0.2) is 14.4 Å². The van der Waals surface area contributed by atoms with E-state index in [0.717, 1.165) is 16.8 Å². The van der Waals surface area contributed by atoms with Crippen LogP contribution in [0.4, 0.5) is 4.39 Å². The molecule has 0 atom stereocenters. The van der Waals surface area contributed by atoms with Crippen molar-refractivity contribution in [2.45, 2.75) is 13.0 Å². The molecular formula is C20H15ClFN3O. The average molecular weight is 368 g/mol. The highest BCUT2D eigenvalue weighted by molar-refractivity contribution is 6.30. The van der Waals surface area contributed by atoms with Crippen LogP contribution in [0, 0.1) is 5.82 Å². The van der Waals surface area contributed by atoms with E-state index in [4.69, 9.17) is 11.6 Å². The van der Waals surface area contributed by atoms with Crippen LogP contribution in [0.5, 0.6) is 0 Å². The number of carbonyl (C=O) groups excluding carboxylic acids is 1. The molecule has 0 radical (unpaired) electrons. The molecule has 1 aromatic heterocycles. The average Bonchev–Trinajstić information content (AvgIpc) is 2.68. The van der Waals surface area contributed by atoms with Crippen LogP contribution in [0.15, 0.2) is 54.7 Å². The predicted molar refractivity (Wildman–Crippen MR) is 97.3 cm³/mol. The maximum absolute atomic E-state index is 13.0. The number of carbonyl (C=O) groups is 1. The van der Waals surface area contributed by atoms with Gasteiger partial charge in [-0.15, -0.1) is 0 Å². The molecule has 0 fully saturated rings. The minimum atomic E-state index is -0.353. The van der Waals surface area contributed by atoms with E-state index in [1.165, 1.54) is 24.3 Å². The SMILES string of the molecule is O=C(c1ccc(F)cc1)N1CCc2nc(-c3ccc(Cl)cc3)ncc2C1. The third kappa shape index (κ3) is 3.30. The van der Waals surface area contributed by atoms with E-state index >= 15 is 0 Å². The summed E-state index contributed by atoms with van der Waals surface area (Å²) >= 11 is 5.92. The Kier molecular flexibility index (Phi) is 4.39. The molecule has 3 aromatic rings. The summed E-state index contributed by atoms with van der Waals surface area (Å²) in [4.78, 5) is 23.4. The zero-order valence-electron chi connectivity index (χ0n) is 13.8. The van der Waals surface area contributed by atoms with Gasteiger partial charge in [0.05, 0.1) is 5.69 Å². The number of hydrogen-bond donors (Lipinski definition) is 0. The van der Waals surface area contributed by atoms with Crippen molar-refractivity contribution in [3.63, 3.8) is 0 Å². The Hall–Kier alpha value is -2.79. The second-order valence-corrected chi connectivity index (χ2v) is 6.59. The Labute approximate surface area is 155 Å². The van der Waals surface area contributed by atoms with Crippen LogP contribution in [0.1, 0.15) is 21.6 Å².